The van der Waals surface area contributed by atoms with Crippen molar-refractivity contribution in [2.75, 3.05) is 7.11 Å². The van der Waals surface area contributed by atoms with Crippen LogP contribution in [0.2, 0.25) is 0 Å². The Morgan fingerprint density at radius 1 is 0.733 bits per heavy atom. The van der Waals surface area contributed by atoms with Gasteiger partial charge in [0.1, 0.15) is 0 Å². The number of carbonyl (C=O) groups is 1. The number of methoxy groups -OCH3 is 1. The summed E-state index contributed by atoms with van der Waals surface area (Å²) in [5.74, 6) is -0.364. The molecule has 5 aromatic rings. The minimum Gasteiger partial charge on any atom is -0.465 e. The number of rotatable bonds is 3. The lowest BCUT2D eigenvalue weighted by atomic mass is 9.87. The number of nitrogens with zero attached hydrogens (tertiary/aromatic N) is 2. The van der Waals surface area contributed by atoms with Crippen molar-refractivity contribution < 1.29 is 9.53 Å². The van der Waals surface area contributed by atoms with Crippen LogP contribution >= 0.6 is 0 Å². The number of aryl methyl sites for hydroxylation is 3. The van der Waals surface area contributed by atoms with Crippen LogP contribution < -0.4 is 0 Å². The Labute approximate surface area is 262 Å². The van der Waals surface area contributed by atoms with Gasteiger partial charge in [0.2, 0.25) is 0 Å². The number of hydrogen-bond acceptors (Lipinski definition) is 4. The fourth-order valence-electron chi connectivity index (χ4n) is 6.76. The van der Waals surface area contributed by atoms with Gasteiger partial charge in [0.15, 0.2) is 0 Å². The van der Waals surface area contributed by atoms with E-state index in [-0.39, 0.29) is 11.4 Å². The van der Waals surface area contributed by atoms with Crippen LogP contribution in [0.25, 0.3) is 56.5 Å². The second kappa shape index (κ2) is 10.7. The smallest absolute Gasteiger partial charge is 0.337 e. The molecule has 0 aliphatic carbocycles. The SMILES string of the molecule is COC(=O)c1ccc(-c2c3nc(c(-c4c(C)cc(C)cc4C)c4ccc(cc5nc(cc6ccc2[nH]6)C(C)(C)C5)[nH]4)C=C3)cc1. The first-order chi connectivity index (χ1) is 21.6. The molecule has 8 bridgehead atoms. The van der Waals surface area contributed by atoms with E-state index in [1.807, 2.05) is 12.1 Å². The second-order valence-electron chi connectivity index (χ2n) is 12.8. The summed E-state index contributed by atoms with van der Waals surface area (Å²) in [7, 11) is 1.40. The predicted octanol–water partition coefficient (Wildman–Crippen LogP) is 9.05. The van der Waals surface area contributed by atoms with Crippen molar-refractivity contribution >= 4 is 40.2 Å². The maximum absolute atomic E-state index is 12.2. The van der Waals surface area contributed by atoms with Crippen LogP contribution in [0.4, 0.5) is 0 Å². The van der Waals surface area contributed by atoms with Gasteiger partial charge >= 0.3 is 5.97 Å². The maximum atomic E-state index is 12.2. The molecule has 0 fully saturated rings. The number of benzene rings is 2. The molecule has 0 amide bonds. The summed E-state index contributed by atoms with van der Waals surface area (Å²) in [5.41, 5.74) is 15.9. The number of aromatic nitrogens is 4. The molecule has 3 aromatic heterocycles. The van der Waals surface area contributed by atoms with Crippen molar-refractivity contribution in [2.45, 2.75) is 46.5 Å². The molecule has 6 nitrogen and oxygen atoms in total. The second-order valence-corrected chi connectivity index (χ2v) is 12.8. The Balaban J connectivity index is 1.61. The third-order valence-electron chi connectivity index (χ3n) is 8.82. The zero-order valence-corrected chi connectivity index (χ0v) is 26.5. The molecule has 0 atom stereocenters. The quantitative estimate of drug-likeness (QED) is 0.201. The summed E-state index contributed by atoms with van der Waals surface area (Å²) in [5, 5.41) is 0. The van der Waals surface area contributed by atoms with Crippen molar-refractivity contribution in [1.82, 2.24) is 19.9 Å². The summed E-state index contributed by atoms with van der Waals surface area (Å²) in [6.07, 6.45) is 5.04. The van der Waals surface area contributed by atoms with Gasteiger partial charge in [-0.15, -0.1) is 0 Å². The Kier molecular flexibility index (Phi) is 6.81. The molecule has 2 aliphatic rings. The zero-order chi connectivity index (χ0) is 31.5. The Morgan fingerprint density at radius 3 is 1.98 bits per heavy atom. The molecular formula is C39H36N4O2. The van der Waals surface area contributed by atoms with Crippen molar-refractivity contribution in [3.05, 3.63) is 118 Å². The fraction of sp³-hybridized carbons (Fsp3) is 0.205. The van der Waals surface area contributed by atoms with Gasteiger partial charge < -0.3 is 14.7 Å². The van der Waals surface area contributed by atoms with Crippen LogP contribution in [0.5, 0.6) is 0 Å². The number of nitrogens with one attached hydrogen (secondary N) is 2. The average molecular weight is 593 g/mol. The van der Waals surface area contributed by atoms with E-state index in [1.165, 1.54) is 29.4 Å². The van der Waals surface area contributed by atoms with Gasteiger partial charge in [0.25, 0.3) is 0 Å². The van der Waals surface area contributed by atoms with Gasteiger partial charge in [-0.2, -0.15) is 0 Å². The normalized spacial score (nSPS) is 13.6. The monoisotopic (exact) mass is 592 g/mol. The van der Waals surface area contributed by atoms with Gasteiger partial charge in [0.05, 0.1) is 24.1 Å². The Bertz CT molecular complexity index is 2170. The summed E-state index contributed by atoms with van der Waals surface area (Å²) in [6.45, 7) is 11.0. The van der Waals surface area contributed by atoms with Crippen LogP contribution in [0.3, 0.4) is 0 Å². The number of carbonyl (C=O) groups excluding carboxylic acids is 1. The lowest BCUT2D eigenvalue weighted by molar-refractivity contribution is 0.0600. The molecule has 0 saturated carbocycles. The Hall–Kier alpha value is -5.23. The van der Waals surface area contributed by atoms with Crippen LogP contribution in [0.1, 0.15) is 63.7 Å². The van der Waals surface area contributed by atoms with E-state index < -0.39 is 0 Å². The van der Waals surface area contributed by atoms with Crippen molar-refractivity contribution in [3.63, 3.8) is 0 Å². The molecule has 5 heterocycles. The molecule has 2 aromatic carbocycles. The number of esters is 1. The number of aromatic amines is 2. The molecule has 2 N–H and O–H groups in total. The Morgan fingerprint density at radius 2 is 1.33 bits per heavy atom. The molecular weight excluding hydrogens is 556 g/mol. The first-order valence-electron chi connectivity index (χ1n) is 15.3. The number of H-pyrrole nitrogens is 2. The van der Waals surface area contributed by atoms with E-state index in [9.17, 15) is 4.79 Å². The van der Waals surface area contributed by atoms with E-state index in [0.29, 0.717) is 5.56 Å². The van der Waals surface area contributed by atoms with Crippen LogP contribution in [-0.2, 0) is 16.6 Å². The van der Waals surface area contributed by atoms with Crippen LogP contribution in [-0.4, -0.2) is 33.0 Å². The van der Waals surface area contributed by atoms with Crippen molar-refractivity contribution in [3.8, 4) is 22.3 Å². The first kappa shape index (κ1) is 28.5. The highest BCUT2D eigenvalue weighted by atomic mass is 16.5. The number of hydrogen-bond donors (Lipinski definition) is 2. The van der Waals surface area contributed by atoms with E-state index in [0.717, 1.165) is 68.0 Å². The fourth-order valence-corrected chi connectivity index (χ4v) is 6.76. The molecule has 6 heteroatoms. The molecule has 2 aliphatic heterocycles. The molecule has 45 heavy (non-hydrogen) atoms. The van der Waals surface area contributed by atoms with E-state index in [1.54, 1.807) is 12.1 Å². The van der Waals surface area contributed by atoms with Crippen molar-refractivity contribution in [1.29, 1.82) is 0 Å². The van der Waals surface area contributed by atoms with Gasteiger partial charge in [-0.05, 0) is 104 Å². The molecule has 0 spiro atoms. The highest BCUT2D eigenvalue weighted by Gasteiger charge is 2.28. The van der Waals surface area contributed by atoms with E-state index in [4.69, 9.17) is 14.7 Å². The van der Waals surface area contributed by atoms with Crippen LogP contribution in [0, 0.1) is 20.8 Å². The highest BCUT2D eigenvalue weighted by molar-refractivity contribution is 5.97. The molecule has 0 radical (unpaired) electrons. The molecule has 7 rings (SSSR count). The van der Waals surface area contributed by atoms with E-state index in [2.05, 4.69) is 105 Å². The van der Waals surface area contributed by atoms with Crippen LogP contribution in [0.15, 0.2) is 72.8 Å². The third-order valence-corrected chi connectivity index (χ3v) is 8.82. The standard InChI is InChI=1S/C39H36N4O2/c1-22-17-23(2)35(24(3)18-22)37-32-14-11-27(40-32)19-29-21-39(4,5)34(42-29)20-28-12-13-30(41-28)36(31-15-16-33(37)43-31)25-7-9-26(10-8-25)38(44)45-6/h7-20,40-41H,21H2,1-6H3. The lowest BCUT2D eigenvalue weighted by Gasteiger charge is -2.15. The zero-order valence-electron chi connectivity index (χ0n) is 26.5. The van der Waals surface area contributed by atoms with Gasteiger partial charge in [-0.3, -0.25) is 4.98 Å². The predicted molar refractivity (Wildman–Crippen MR) is 183 cm³/mol. The first-order valence-corrected chi connectivity index (χ1v) is 15.3. The van der Waals surface area contributed by atoms with Crippen molar-refractivity contribution in [2.24, 2.45) is 0 Å². The largest absolute Gasteiger partial charge is 0.465 e. The van der Waals surface area contributed by atoms with Gasteiger partial charge in [-0.25, -0.2) is 9.78 Å². The van der Waals surface area contributed by atoms with E-state index >= 15 is 0 Å². The molecule has 224 valence electrons. The summed E-state index contributed by atoms with van der Waals surface area (Å²) >= 11 is 0. The summed E-state index contributed by atoms with van der Waals surface area (Å²) in [6, 6.07) is 24.8. The summed E-state index contributed by atoms with van der Waals surface area (Å²) in [4.78, 5) is 29.9. The lowest BCUT2D eigenvalue weighted by Crippen LogP contribution is -2.14. The molecule has 0 saturated heterocycles. The summed E-state index contributed by atoms with van der Waals surface area (Å²) < 4.78 is 4.95. The number of ether oxygens (including phenoxy) is 1. The topological polar surface area (TPSA) is 83.7 Å². The third kappa shape index (κ3) is 5.16. The van der Waals surface area contributed by atoms with Gasteiger partial charge in [-0.1, -0.05) is 43.7 Å². The minimum atomic E-state index is -0.364. The maximum Gasteiger partial charge on any atom is 0.337 e. The number of fused-ring (bicyclic) bond motifs is 8. The highest BCUT2D eigenvalue weighted by Crippen LogP contribution is 2.38. The molecule has 0 unspecified atom stereocenters. The average Bonchev–Trinajstić information content (AvgIpc) is 3.80. The van der Waals surface area contributed by atoms with Gasteiger partial charge in [0, 0.05) is 56.4 Å². The minimum absolute atomic E-state index is 0.105.